The summed E-state index contributed by atoms with van der Waals surface area (Å²) in [4.78, 5) is 14.8. The van der Waals surface area contributed by atoms with E-state index in [0.717, 1.165) is 6.42 Å². The number of likely N-dealkylation sites (tertiary alicyclic amines) is 1. The van der Waals surface area contributed by atoms with Gasteiger partial charge >= 0.3 is 6.03 Å². The van der Waals surface area contributed by atoms with Crippen LogP contribution in [-0.2, 0) is 16.4 Å². The van der Waals surface area contributed by atoms with Crippen molar-refractivity contribution in [1.29, 1.82) is 0 Å². The van der Waals surface area contributed by atoms with Gasteiger partial charge in [0, 0.05) is 31.3 Å². The molecule has 0 aromatic heterocycles. The number of rotatable bonds is 4. The minimum absolute atomic E-state index is 0.140. The van der Waals surface area contributed by atoms with Crippen molar-refractivity contribution < 1.29 is 13.2 Å². The van der Waals surface area contributed by atoms with Crippen molar-refractivity contribution in [2.24, 2.45) is 0 Å². The molecule has 3 rings (SSSR count). The molecule has 1 N–H and O–H groups in total. The summed E-state index contributed by atoms with van der Waals surface area (Å²) in [6.07, 6.45) is 2.11. The molecule has 1 aliphatic rings. The Morgan fingerprint density at radius 3 is 2.48 bits per heavy atom. The molecule has 5 nitrogen and oxygen atoms in total. The van der Waals surface area contributed by atoms with Gasteiger partial charge in [0.05, 0.1) is 4.90 Å². The predicted molar refractivity (Wildman–Crippen MR) is 106 cm³/mol. The topological polar surface area (TPSA) is 66.5 Å². The third-order valence-corrected chi connectivity index (χ3v) is 6.38. The molecular formula is C21H26N2O3S. The Hall–Kier alpha value is -2.34. The van der Waals surface area contributed by atoms with Crippen molar-refractivity contribution in [3.05, 3.63) is 65.2 Å². The zero-order valence-electron chi connectivity index (χ0n) is 16.0. The largest absolute Gasteiger partial charge is 0.334 e. The Bertz CT molecular complexity index is 923. The summed E-state index contributed by atoms with van der Waals surface area (Å²) >= 11 is 0. The number of sulfone groups is 1. The molecule has 2 unspecified atom stereocenters. The summed E-state index contributed by atoms with van der Waals surface area (Å²) in [5.41, 5.74) is 3.09. The number of nitrogens with one attached hydrogen (secondary N) is 1. The first-order valence-electron chi connectivity index (χ1n) is 9.14. The maximum atomic E-state index is 12.7. The van der Waals surface area contributed by atoms with Gasteiger partial charge in [-0.05, 0) is 37.5 Å². The van der Waals surface area contributed by atoms with E-state index in [1.165, 1.54) is 17.4 Å². The number of carbonyl (C=O) groups is 1. The molecule has 1 fully saturated rings. The van der Waals surface area contributed by atoms with Crippen LogP contribution in [-0.4, -0.2) is 38.2 Å². The Morgan fingerprint density at radius 1 is 1.15 bits per heavy atom. The number of urea groups is 1. The summed E-state index contributed by atoms with van der Waals surface area (Å²) in [5, 5.41) is 2.89. The Balaban J connectivity index is 1.66. The van der Waals surface area contributed by atoms with Crippen LogP contribution in [0.3, 0.4) is 0 Å². The van der Waals surface area contributed by atoms with Crippen molar-refractivity contribution >= 4 is 15.9 Å². The van der Waals surface area contributed by atoms with Crippen molar-refractivity contribution in [3.63, 3.8) is 0 Å². The predicted octanol–water partition coefficient (Wildman–Crippen LogP) is 3.49. The van der Waals surface area contributed by atoms with E-state index in [-0.39, 0.29) is 23.5 Å². The summed E-state index contributed by atoms with van der Waals surface area (Å²) in [5.74, 6) is 0.328. The number of hydrogen-bond donors (Lipinski definition) is 1. The molecule has 27 heavy (non-hydrogen) atoms. The molecule has 0 saturated carbocycles. The molecule has 144 valence electrons. The first kappa shape index (κ1) is 19.4. The first-order valence-corrected chi connectivity index (χ1v) is 11.0. The number of carbonyl (C=O) groups excluding carboxylic acids is 1. The lowest BCUT2D eigenvalue weighted by Gasteiger charge is -2.22. The SMILES string of the molecule is Cc1ccc(C2CC(C)N(C(=O)NCc3ccccc3S(C)(=O)=O)C2)cc1. The third-order valence-electron chi connectivity index (χ3n) is 5.19. The van der Waals surface area contributed by atoms with E-state index >= 15 is 0 Å². The zero-order chi connectivity index (χ0) is 19.6. The smallest absolute Gasteiger partial charge is 0.317 e. The van der Waals surface area contributed by atoms with Gasteiger partial charge in [0.25, 0.3) is 0 Å². The zero-order valence-corrected chi connectivity index (χ0v) is 16.8. The summed E-state index contributed by atoms with van der Waals surface area (Å²) in [6.45, 7) is 4.98. The molecule has 0 aliphatic carbocycles. The van der Waals surface area contributed by atoms with Crippen LogP contribution in [0.15, 0.2) is 53.4 Å². The average Bonchev–Trinajstić information content (AvgIpc) is 3.01. The Morgan fingerprint density at radius 2 is 1.81 bits per heavy atom. The van der Waals surface area contributed by atoms with E-state index in [0.29, 0.717) is 18.0 Å². The Labute approximate surface area is 161 Å². The molecule has 2 aromatic rings. The van der Waals surface area contributed by atoms with Crippen molar-refractivity contribution in [2.45, 2.75) is 43.7 Å². The standard InChI is InChI=1S/C21H26N2O3S/c1-15-8-10-17(11-9-15)19-12-16(2)23(14-19)21(24)22-13-18-6-4-5-7-20(18)27(3,25)26/h4-11,16,19H,12-14H2,1-3H3,(H,22,24). The van der Waals surface area contributed by atoms with Crippen molar-refractivity contribution in [3.8, 4) is 0 Å². The molecule has 0 bridgehead atoms. The fourth-order valence-corrected chi connectivity index (χ4v) is 4.62. The van der Waals surface area contributed by atoms with Gasteiger partial charge in [-0.15, -0.1) is 0 Å². The van der Waals surface area contributed by atoms with Crippen LogP contribution in [0, 0.1) is 6.92 Å². The third kappa shape index (κ3) is 4.50. The van der Waals surface area contributed by atoms with E-state index in [1.807, 2.05) is 4.90 Å². The lowest BCUT2D eigenvalue weighted by atomic mass is 9.96. The maximum absolute atomic E-state index is 12.7. The van der Waals surface area contributed by atoms with E-state index in [1.54, 1.807) is 24.3 Å². The van der Waals surface area contributed by atoms with Crippen LogP contribution in [0.25, 0.3) is 0 Å². The van der Waals surface area contributed by atoms with E-state index in [9.17, 15) is 13.2 Å². The van der Waals surface area contributed by atoms with Crippen LogP contribution >= 0.6 is 0 Å². The molecule has 1 aliphatic heterocycles. The second-order valence-electron chi connectivity index (χ2n) is 7.38. The van der Waals surface area contributed by atoms with Crippen molar-refractivity contribution in [2.75, 3.05) is 12.8 Å². The fraction of sp³-hybridized carbons (Fsp3) is 0.381. The average molecular weight is 387 g/mol. The van der Waals surface area contributed by atoms with Crippen LogP contribution in [0.1, 0.15) is 36.0 Å². The second-order valence-corrected chi connectivity index (χ2v) is 9.37. The molecule has 1 saturated heterocycles. The highest BCUT2D eigenvalue weighted by Crippen LogP contribution is 2.31. The highest BCUT2D eigenvalue weighted by Gasteiger charge is 2.33. The van der Waals surface area contributed by atoms with Gasteiger partial charge in [0.1, 0.15) is 0 Å². The van der Waals surface area contributed by atoms with Crippen molar-refractivity contribution in [1.82, 2.24) is 10.2 Å². The minimum atomic E-state index is -3.32. The molecular weight excluding hydrogens is 360 g/mol. The van der Waals surface area contributed by atoms with Gasteiger partial charge < -0.3 is 10.2 Å². The lowest BCUT2D eigenvalue weighted by molar-refractivity contribution is 0.195. The number of nitrogens with zero attached hydrogens (tertiary/aromatic N) is 1. The number of amides is 2. The molecule has 0 spiro atoms. The molecule has 6 heteroatoms. The second kappa shape index (κ2) is 7.72. The molecule has 1 heterocycles. The highest BCUT2D eigenvalue weighted by molar-refractivity contribution is 7.90. The van der Waals surface area contributed by atoms with E-state index < -0.39 is 9.84 Å². The first-order chi connectivity index (χ1) is 12.8. The summed E-state index contributed by atoms with van der Waals surface area (Å²) in [6, 6.07) is 15.2. The monoisotopic (exact) mass is 386 g/mol. The van der Waals surface area contributed by atoms with Gasteiger partial charge in [-0.1, -0.05) is 48.0 Å². The van der Waals surface area contributed by atoms with E-state index in [2.05, 4.69) is 43.4 Å². The molecule has 2 aromatic carbocycles. The van der Waals surface area contributed by atoms with Gasteiger partial charge in [0.2, 0.25) is 0 Å². The highest BCUT2D eigenvalue weighted by atomic mass is 32.2. The number of hydrogen-bond acceptors (Lipinski definition) is 3. The Kier molecular flexibility index (Phi) is 5.56. The molecule has 2 amide bonds. The van der Waals surface area contributed by atoms with Crippen LogP contribution in [0.2, 0.25) is 0 Å². The fourth-order valence-electron chi connectivity index (χ4n) is 3.68. The lowest BCUT2D eigenvalue weighted by Crippen LogP contribution is -2.41. The van der Waals surface area contributed by atoms with Crippen LogP contribution in [0.5, 0.6) is 0 Å². The molecule has 0 radical (unpaired) electrons. The summed E-state index contributed by atoms with van der Waals surface area (Å²) in [7, 11) is -3.32. The van der Waals surface area contributed by atoms with Crippen LogP contribution in [0.4, 0.5) is 4.79 Å². The summed E-state index contributed by atoms with van der Waals surface area (Å²) < 4.78 is 23.8. The maximum Gasteiger partial charge on any atom is 0.317 e. The van der Waals surface area contributed by atoms with Crippen LogP contribution < -0.4 is 5.32 Å². The quantitative estimate of drug-likeness (QED) is 0.875. The van der Waals surface area contributed by atoms with Gasteiger partial charge in [-0.2, -0.15) is 0 Å². The minimum Gasteiger partial charge on any atom is -0.334 e. The van der Waals surface area contributed by atoms with Gasteiger partial charge in [0.15, 0.2) is 9.84 Å². The molecule has 2 atom stereocenters. The van der Waals surface area contributed by atoms with Gasteiger partial charge in [-0.25, -0.2) is 13.2 Å². The van der Waals surface area contributed by atoms with E-state index in [4.69, 9.17) is 0 Å². The number of benzene rings is 2. The van der Waals surface area contributed by atoms with Gasteiger partial charge in [-0.3, -0.25) is 0 Å². The normalized spacial score (nSPS) is 19.9. The number of aryl methyl sites for hydroxylation is 1.